The molecule has 1 aromatic heterocycles. The summed E-state index contributed by atoms with van der Waals surface area (Å²) in [6.07, 6.45) is 3.44. The van der Waals surface area contributed by atoms with E-state index in [0.29, 0.717) is 23.2 Å². The second-order valence-electron chi connectivity index (χ2n) is 9.50. The van der Waals surface area contributed by atoms with Crippen LogP contribution in [0, 0.1) is 0 Å². The minimum atomic E-state index is -3.52. The highest BCUT2D eigenvalue weighted by Crippen LogP contribution is 2.34. The number of methoxy groups -OCH3 is 1. The quantitative estimate of drug-likeness (QED) is 0.253. The lowest BCUT2D eigenvalue weighted by molar-refractivity contribution is 0.213. The molecule has 0 bridgehead atoms. The normalized spacial score (nSPS) is 14.7. The third-order valence-electron chi connectivity index (χ3n) is 6.65. The maximum Gasteiger partial charge on any atom is 0.229 e. The standard InChI is InChI=1S/C26H34ClN7O3S/c1-17(2)38(35,36)24-8-6-5-7-22(24)30-25-20(27)16-29-26(32-25)31-21-10-9-19(15-23(21)37-4)34-13-11-18(12-14-34)33(3)28/h5-10,15-18H,11-14,28H2,1-4H3,(H2,29,30,31,32). The van der Waals surface area contributed by atoms with E-state index >= 15 is 0 Å². The number of aromatic nitrogens is 2. The Kier molecular flexibility index (Phi) is 8.61. The molecule has 4 rings (SSSR count). The van der Waals surface area contributed by atoms with E-state index in [1.807, 2.05) is 25.2 Å². The second kappa shape index (κ2) is 11.7. The topological polar surface area (TPSA) is 126 Å². The van der Waals surface area contributed by atoms with Crippen molar-refractivity contribution in [1.29, 1.82) is 0 Å². The van der Waals surface area contributed by atoms with Crippen LogP contribution in [0.1, 0.15) is 26.7 Å². The number of hydrogen-bond acceptors (Lipinski definition) is 10. The fraction of sp³-hybridized carbons (Fsp3) is 0.385. The summed E-state index contributed by atoms with van der Waals surface area (Å²) < 4.78 is 31.4. The largest absolute Gasteiger partial charge is 0.494 e. The van der Waals surface area contributed by atoms with Crippen LogP contribution in [0.5, 0.6) is 5.75 Å². The van der Waals surface area contributed by atoms with Crippen LogP contribution in [-0.2, 0) is 9.84 Å². The number of benzene rings is 2. The van der Waals surface area contributed by atoms with Crippen LogP contribution in [0.25, 0.3) is 0 Å². The number of hydrogen-bond donors (Lipinski definition) is 3. The number of halogens is 1. The number of sulfone groups is 1. The molecule has 4 N–H and O–H groups in total. The number of para-hydroxylation sites is 1. The molecule has 0 atom stereocenters. The Hall–Kier alpha value is -3.12. The van der Waals surface area contributed by atoms with Gasteiger partial charge in [-0.05, 0) is 51.0 Å². The van der Waals surface area contributed by atoms with E-state index in [9.17, 15) is 8.42 Å². The molecule has 3 aromatic rings. The van der Waals surface area contributed by atoms with Crippen molar-refractivity contribution in [2.45, 2.75) is 42.9 Å². The van der Waals surface area contributed by atoms with Gasteiger partial charge in [-0.3, -0.25) is 5.84 Å². The zero-order valence-corrected chi connectivity index (χ0v) is 23.6. The number of ether oxygens (including phenoxy) is 1. The SMILES string of the molecule is COc1cc(N2CCC(N(C)N)CC2)ccc1Nc1ncc(Cl)c(Nc2ccccc2S(=O)(=O)C(C)C)n1. The zero-order chi connectivity index (χ0) is 27.4. The van der Waals surface area contributed by atoms with Crippen molar-refractivity contribution in [3.63, 3.8) is 0 Å². The zero-order valence-electron chi connectivity index (χ0n) is 22.0. The van der Waals surface area contributed by atoms with Crippen molar-refractivity contribution in [3.05, 3.63) is 53.7 Å². The predicted molar refractivity (Wildman–Crippen MR) is 153 cm³/mol. The van der Waals surface area contributed by atoms with Gasteiger partial charge in [0.25, 0.3) is 0 Å². The molecule has 2 aromatic carbocycles. The lowest BCUT2D eigenvalue weighted by Gasteiger charge is -2.36. The highest BCUT2D eigenvalue weighted by Gasteiger charge is 2.24. The van der Waals surface area contributed by atoms with Crippen molar-refractivity contribution in [3.8, 4) is 5.75 Å². The smallest absolute Gasteiger partial charge is 0.229 e. The number of nitrogens with zero attached hydrogens (tertiary/aromatic N) is 4. The number of piperidine rings is 1. The average molecular weight is 560 g/mol. The average Bonchev–Trinajstić information content (AvgIpc) is 2.91. The molecule has 0 amide bonds. The van der Waals surface area contributed by atoms with E-state index in [4.69, 9.17) is 22.2 Å². The molecule has 10 nitrogen and oxygen atoms in total. The van der Waals surface area contributed by atoms with Crippen LogP contribution in [0.2, 0.25) is 5.02 Å². The summed E-state index contributed by atoms with van der Waals surface area (Å²) in [7, 11) is 0.00263. The molecule has 0 radical (unpaired) electrons. The number of nitrogens with two attached hydrogens (primary N) is 1. The van der Waals surface area contributed by atoms with E-state index in [0.717, 1.165) is 31.6 Å². The molecule has 12 heteroatoms. The molecule has 2 heterocycles. The van der Waals surface area contributed by atoms with Crippen molar-refractivity contribution < 1.29 is 13.2 Å². The Bertz CT molecular complexity index is 1380. The third-order valence-corrected chi connectivity index (χ3v) is 9.14. The van der Waals surface area contributed by atoms with Crippen molar-refractivity contribution in [1.82, 2.24) is 15.0 Å². The predicted octanol–water partition coefficient (Wildman–Crippen LogP) is 4.58. The Labute approximate surface area is 229 Å². The van der Waals surface area contributed by atoms with Crippen LogP contribution >= 0.6 is 11.6 Å². The minimum Gasteiger partial charge on any atom is -0.494 e. The number of anilines is 5. The van der Waals surface area contributed by atoms with E-state index in [1.165, 1.54) is 6.20 Å². The van der Waals surface area contributed by atoms with Gasteiger partial charge in [0.15, 0.2) is 15.7 Å². The van der Waals surface area contributed by atoms with Gasteiger partial charge in [-0.25, -0.2) is 18.4 Å². The van der Waals surface area contributed by atoms with Gasteiger partial charge < -0.3 is 20.3 Å². The van der Waals surface area contributed by atoms with Gasteiger partial charge in [0.05, 0.1) is 34.8 Å². The van der Waals surface area contributed by atoms with Gasteiger partial charge >= 0.3 is 0 Å². The molecule has 1 aliphatic rings. The van der Waals surface area contributed by atoms with Crippen LogP contribution in [0.15, 0.2) is 53.6 Å². The maximum atomic E-state index is 12.9. The fourth-order valence-corrected chi connectivity index (χ4v) is 5.69. The molecule has 0 saturated carbocycles. The first kappa shape index (κ1) is 27.9. The van der Waals surface area contributed by atoms with Crippen molar-refractivity contribution in [2.75, 3.05) is 42.8 Å². The van der Waals surface area contributed by atoms with Crippen LogP contribution < -0.4 is 26.1 Å². The molecular formula is C26H34ClN7O3S. The summed E-state index contributed by atoms with van der Waals surface area (Å²) >= 11 is 6.37. The van der Waals surface area contributed by atoms with E-state index < -0.39 is 15.1 Å². The highest BCUT2D eigenvalue weighted by molar-refractivity contribution is 7.92. The van der Waals surface area contributed by atoms with Gasteiger partial charge in [-0.1, -0.05) is 23.7 Å². The molecule has 1 aliphatic heterocycles. The molecule has 204 valence electrons. The Morgan fingerprint density at radius 2 is 1.84 bits per heavy atom. The third kappa shape index (κ3) is 6.12. The summed E-state index contributed by atoms with van der Waals surface area (Å²) in [6, 6.07) is 13.0. The Morgan fingerprint density at radius 3 is 2.50 bits per heavy atom. The van der Waals surface area contributed by atoms with Crippen molar-refractivity contribution in [2.24, 2.45) is 5.84 Å². The second-order valence-corrected chi connectivity index (χ2v) is 12.4. The van der Waals surface area contributed by atoms with Crippen molar-refractivity contribution >= 4 is 50.3 Å². The fourth-order valence-electron chi connectivity index (χ4n) is 4.35. The van der Waals surface area contributed by atoms with Gasteiger partial charge in [-0.2, -0.15) is 4.98 Å². The van der Waals surface area contributed by atoms with E-state index in [1.54, 1.807) is 50.2 Å². The molecular weight excluding hydrogens is 526 g/mol. The van der Waals surface area contributed by atoms with Gasteiger partial charge in [0.1, 0.15) is 10.8 Å². The molecule has 0 unspecified atom stereocenters. The summed E-state index contributed by atoms with van der Waals surface area (Å²) in [5.41, 5.74) is 2.14. The maximum absolute atomic E-state index is 12.9. The monoisotopic (exact) mass is 559 g/mol. The summed E-state index contributed by atoms with van der Waals surface area (Å²) in [4.78, 5) is 11.3. The first-order valence-electron chi connectivity index (χ1n) is 12.4. The first-order valence-corrected chi connectivity index (χ1v) is 14.3. The van der Waals surface area contributed by atoms with Gasteiger partial charge in [0.2, 0.25) is 5.95 Å². The summed E-state index contributed by atoms with van der Waals surface area (Å²) in [6.45, 7) is 5.10. The minimum absolute atomic E-state index is 0.179. The number of rotatable bonds is 9. The van der Waals surface area contributed by atoms with E-state index in [-0.39, 0.29) is 21.7 Å². The summed E-state index contributed by atoms with van der Waals surface area (Å²) in [5, 5.41) is 7.72. The highest BCUT2D eigenvalue weighted by atomic mass is 35.5. The van der Waals surface area contributed by atoms with Crippen LogP contribution in [0.4, 0.5) is 28.8 Å². The molecule has 0 aliphatic carbocycles. The molecule has 0 spiro atoms. The van der Waals surface area contributed by atoms with Crippen LogP contribution in [0.3, 0.4) is 0 Å². The number of hydrazine groups is 1. The van der Waals surface area contributed by atoms with E-state index in [2.05, 4.69) is 25.5 Å². The molecule has 1 fully saturated rings. The van der Waals surface area contributed by atoms with Gasteiger partial charge in [0, 0.05) is 37.9 Å². The van der Waals surface area contributed by atoms with Crippen LogP contribution in [-0.4, -0.2) is 61.9 Å². The lowest BCUT2D eigenvalue weighted by atomic mass is 10.0. The number of nitrogens with one attached hydrogen (secondary N) is 2. The lowest BCUT2D eigenvalue weighted by Crippen LogP contribution is -2.46. The van der Waals surface area contributed by atoms with Gasteiger partial charge in [-0.15, -0.1) is 0 Å². The first-order chi connectivity index (χ1) is 18.1. The molecule has 38 heavy (non-hydrogen) atoms. The Morgan fingerprint density at radius 1 is 1.13 bits per heavy atom. The summed E-state index contributed by atoms with van der Waals surface area (Å²) in [5.74, 6) is 7.12. The molecule has 1 saturated heterocycles. The Balaban J connectivity index is 1.55.